The molecule has 1 fully saturated rings. The minimum atomic E-state index is -0.429. The Morgan fingerprint density at radius 1 is 1.38 bits per heavy atom. The van der Waals surface area contributed by atoms with Gasteiger partial charge in [-0.15, -0.1) is 31.4 Å². The van der Waals surface area contributed by atoms with Gasteiger partial charge in [-0.1, -0.05) is 17.7 Å². The van der Waals surface area contributed by atoms with E-state index in [9.17, 15) is 9.50 Å². The van der Waals surface area contributed by atoms with Crippen LogP contribution in [0.3, 0.4) is 0 Å². The van der Waals surface area contributed by atoms with Gasteiger partial charge in [-0.25, -0.2) is 4.39 Å². The number of nitrogens with one attached hydrogen (secondary N) is 1. The number of phenols is 1. The first-order chi connectivity index (χ1) is 9.13. The van der Waals surface area contributed by atoms with Gasteiger partial charge in [-0.2, -0.15) is 0 Å². The van der Waals surface area contributed by atoms with Crippen LogP contribution >= 0.6 is 36.4 Å². The number of hydrogen-bond acceptors (Lipinski definition) is 3. The number of rotatable bonds is 4. The van der Waals surface area contributed by atoms with Gasteiger partial charge in [0.05, 0.1) is 5.02 Å². The van der Waals surface area contributed by atoms with Gasteiger partial charge in [0.25, 0.3) is 0 Å². The molecular formula is C14H20Cl3FN2O. The summed E-state index contributed by atoms with van der Waals surface area (Å²) in [6, 6.07) is 2.40. The highest BCUT2D eigenvalue weighted by Gasteiger charge is 2.25. The molecule has 0 saturated carbocycles. The maximum Gasteiger partial charge on any atom is 0.139 e. The molecule has 0 aliphatic carbocycles. The molecule has 0 amide bonds. The second-order valence-corrected chi connectivity index (χ2v) is 5.06. The summed E-state index contributed by atoms with van der Waals surface area (Å²) in [5.41, 5.74) is 0.534. The van der Waals surface area contributed by atoms with E-state index in [1.807, 2.05) is 0 Å². The van der Waals surface area contributed by atoms with Crippen LogP contribution in [0.4, 0.5) is 4.39 Å². The summed E-state index contributed by atoms with van der Waals surface area (Å²) >= 11 is 5.86. The lowest BCUT2D eigenvalue weighted by Crippen LogP contribution is -2.45. The number of aromatic hydroxyl groups is 1. The molecule has 120 valence electrons. The molecule has 2 rings (SSSR count). The molecular weight excluding hydrogens is 338 g/mol. The van der Waals surface area contributed by atoms with Gasteiger partial charge in [0.15, 0.2) is 0 Å². The topological polar surface area (TPSA) is 35.5 Å². The summed E-state index contributed by atoms with van der Waals surface area (Å²) < 4.78 is 13.5. The van der Waals surface area contributed by atoms with E-state index in [0.29, 0.717) is 12.0 Å². The zero-order valence-corrected chi connectivity index (χ0v) is 13.9. The molecule has 21 heavy (non-hydrogen) atoms. The predicted molar refractivity (Wildman–Crippen MR) is 89.6 cm³/mol. The second kappa shape index (κ2) is 9.49. The van der Waals surface area contributed by atoms with Crippen LogP contribution in [-0.4, -0.2) is 36.2 Å². The van der Waals surface area contributed by atoms with Crippen molar-refractivity contribution in [2.45, 2.75) is 12.5 Å². The fourth-order valence-electron chi connectivity index (χ4n) is 2.46. The first-order valence-corrected chi connectivity index (χ1v) is 6.75. The predicted octanol–water partition coefficient (Wildman–Crippen LogP) is 3.55. The number of benzene rings is 1. The Balaban J connectivity index is 0.00000200. The van der Waals surface area contributed by atoms with E-state index in [-0.39, 0.29) is 41.6 Å². The minimum Gasteiger partial charge on any atom is -0.506 e. The molecule has 1 aliphatic rings. The highest BCUT2D eigenvalue weighted by molar-refractivity contribution is 6.32. The van der Waals surface area contributed by atoms with Gasteiger partial charge in [-0.05, 0) is 18.6 Å². The van der Waals surface area contributed by atoms with Crippen LogP contribution in [0.2, 0.25) is 5.02 Å². The van der Waals surface area contributed by atoms with Crippen molar-refractivity contribution < 1.29 is 9.50 Å². The Bertz CT molecular complexity index is 468. The average Bonchev–Trinajstić information content (AvgIpc) is 2.41. The van der Waals surface area contributed by atoms with E-state index in [1.54, 1.807) is 6.08 Å². The number of piperazine rings is 1. The Labute approximate surface area is 142 Å². The molecule has 1 aromatic rings. The van der Waals surface area contributed by atoms with Gasteiger partial charge in [0.2, 0.25) is 0 Å². The summed E-state index contributed by atoms with van der Waals surface area (Å²) in [6.07, 6.45) is 2.43. The molecule has 1 heterocycles. The number of nitrogens with zero attached hydrogens (tertiary/aromatic N) is 1. The third kappa shape index (κ3) is 5.01. The maximum atomic E-state index is 13.5. The highest BCUT2D eigenvalue weighted by atomic mass is 35.5. The standard InChI is InChI=1S/C14H18ClFN2O.2ClH/c1-2-3-13(18-6-4-17-5-7-18)11-8-10(16)9-12(15)14(11)19;;/h2,8-9,13,17,19H,1,3-7H2;2*1H/t13-;;/m1../s1. The Morgan fingerprint density at radius 2 is 2.00 bits per heavy atom. The Hall–Kier alpha value is -0.520. The van der Waals surface area contributed by atoms with Gasteiger partial charge < -0.3 is 10.4 Å². The Morgan fingerprint density at radius 3 is 2.57 bits per heavy atom. The summed E-state index contributed by atoms with van der Waals surface area (Å²) in [6.45, 7) is 7.22. The number of hydrogen-bond donors (Lipinski definition) is 2. The zero-order valence-electron chi connectivity index (χ0n) is 11.5. The third-order valence-electron chi connectivity index (χ3n) is 3.40. The molecule has 0 unspecified atom stereocenters. The first-order valence-electron chi connectivity index (χ1n) is 6.37. The molecule has 0 bridgehead atoms. The van der Waals surface area contributed by atoms with E-state index in [2.05, 4.69) is 16.8 Å². The average molecular weight is 358 g/mol. The molecule has 1 aromatic carbocycles. The van der Waals surface area contributed by atoms with Crippen molar-refractivity contribution >= 4 is 36.4 Å². The molecule has 2 N–H and O–H groups in total. The van der Waals surface area contributed by atoms with Crippen LogP contribution in [0.5, 0.6) is 5.75 Å². The lowest BCUT2D eigenvalue weighted by atomic mass is 10.00. The molecule has 1 saturated heterocycles. The van der Waals surface area contributed by atoms with Crippen molar-refractivity contribution in [1.82, 2.24) is 10.2 Å². The monoisotopic (exact) mass is 356 g/mol. The van der Waals surface area contributed by atoms with Crippen LogP contribution in [0.1, 0.15) is 18.0 Å². The third-order valence-corrected chi connectivity index (χ3v) is 3.69. The maximum absolute atomic E-state index is 13.5. The lowest BCUT2D eigenvalue weighted by molar-refractivity contribution is 0.171. The van der Waals surface area contributed by atoms with E-state index in [0.717, 1.165) is 32.2 Å². The largest absolute Gasteiger partial charge is 0.506 e. The minimum absolute atomic E-state index is 0. The van der Waals surface area contributed by atoms with Crippen molar-refractivity contribution in [2.24, 2.45) is 0 Å². The van der Waals surface area contributed by atoms with Crippen LogP contribution in [-0.2, 0) is 0 Å². The lowest BCUT2D eigenvalue weighted by Gasteiger charge is -2.35. The summed E-state index contributed by atoms with van der Waals surface area (Å²) in [4.78, 5) is 2.21. The van der Waals surface area contributed by atoms with Gasteiger partial charge in [0.1, 0.15) is 11.6 Å². The van der Waals surface area contributed by atoms with Crippen LogP contribution in [0.15, 0.2) is 24.8 Å². The summed E-state index contributed by atoms with van der Waals surface area (Å²) in [5.74, 6) is -0.463. The molecule has 1 aliphatic heterocycles. The van der Waals surface area contributed by atoms with E-state index >= 15 is 0 Å². The van der Waals surface area contributed by atoms with Crippen molar-refractivity contribution in [2.75, 3.05) is 26.2 Å². The van der Waals surface area contributed by atoms with Crippen molar-refractivity contribution in [3.63, 3.8) is 0 Å². The molecule has 7 heteroatoms. The van der Waals surface area contributed by atoms with Crippen LogP contribution in [0.25, 0.3) is 0 Å². The van der Waals surface area contributed by atoms with E-state index < -0.39 is 5.82 Å². The molecule has 1 atom stereocenters. The quantitative estimate of drug-likeness (QED) is 0.809. The van der Waals surface area contributed by atoms with Crippen molar-refractivity contribution in [3.8, 4) is 5.75 Å². The fraction of sp³-hybridized carbons (Fsp3) is 0.429. The summed E-state index contributed by atoms with van der Waals surface area (Å²) in [5, 5.41) is 13.4. The second-order valence-electron chi connectivity index (χ2n) is 4.65. The highest BCUT2D eigenvalue weighted by Crippen LogP contribution is 2.37. The van der Waals surface area contributed by atoms with Crippen molar-refractivity contribution in [1.29, 1.82) is 0 Å². The van der Waals surface area contributed by atoms with Crippen LogP contribution in [0, 0.1) is 5.82 Å². The van der Waals surface area contributed by atoms with Crippen molar-refractivity contribution in [3.05, 3.63) is 41.2 Å². The normalized spacial score (nSPS) is 16.5. The SMILES string of the molecule is C=CC[C@H](c1cc(F)cc(Cl)c1O)N1CCNCC1.Cl.Cl. The van der Waals surface area contributed by atoms with Gasteiger partial charge in [0, 0.05) is 37.8 Å². The molecule has 0 aromatic heterocycles. The zero-order chi connectivity index (χ0) is 13.8. The first kappa shape index (κ1) is 20.5. The number of phenolic OH excluding ortho intramolecular Hbond substituents is 1. The van der Waals surface area contributed by atoms with Gasteiger partial charge >= 0.3 is 0 Å². The van der Waals surface area contributed by atoms with E-state index in [4.69, 9.17) is 11.6 Å². The van der Waals surface area contributed by atoms with Gasteiger partial charge in [-0.3, -0.25) is 4.90 Å². The molecule has 3 nitrogen and oxygen atoms in total. The Kier molecular flexibility index (Phi) is 9.25. The molecule has 0 radical (unpaired) electrons. The fourth-order valence-corrected chi connectivity index (χ4v) is 2.68. The van der Waals surface area contributed by atoms with Crippen LogP contribution < -0.4 is 5.32 Å². The summed E-state index contributed by atoms with van der Waals surface area (Å²) in [7, 11) is 0. The number of halogens is 4. The van der Waals surface area contributed by atoms with E-state index in [1.165, 1.54) is 6.07 Å². The molecule has 0 spiro atoms. The smallest absolute Gasteiger partial charge is 0.139 e.